The Kier molecular flexibility index (Phi) is 3.06. The van der Waals surface area contributed by atoms with Crippen LogP contribution >= 0.6 is 0 Å². The second kappa shape index (κ2) is 4.76. The van der Waals surface area contributed by atoms with Gasteiger partial charge in [-0.3, -0.25) is 4.79 Å². The number of nitrogens with zero attached hydrogens (tertiary/aromatic N) is 1. The van der Waals surface area contributed by atoms with Crippen molar-refractivity contribution in [3.63, 3.8) is 0 Å². The van der Waals surface area contributed by atoms with Crippen molar-refractivity contribution in [2.75, 3.05) is 6.54 Å². The van der Waals surface area contributed by atoms with Gasteiger partial charge in [0.25, 0.3) is 5.91 Å². The number of ether oxygens (including phenoxy) is 3. The molecule has 3 heterocycles. The smallest absolute Gasteiger partial charge is 0.254 e. The molecule has 1 aromatic carbocycles. The van der Waals surface area contributed by atoms with Gasteiger partial charge in [0, 0.05) is 5.56 Å². The molecule has 3 aliphatic rings. The van der Waals surface area contributed by atoms with Crippen LogP contribution in [0.25, 0.3) is 0 Å². The van der Waals surface area contributed by atoms with E-state index >= 15 is 0 Å². The van der Waals surface area contributed by atoms with Crippen LogP contribution in [0.2, 0.25) is 0 Å². The summed E-state index contributed by atoms with van der Waals surface area (Å²) in [5.41, 5.74) is 0.594. The Bertz CT molecular complexity index is 589. The van der Waals surface area contributed by atoms with Crippen molar-refractivity contribution in [2.45, 2.75) is 50.3 Å². The van der Waals surface area contributed by atoms with Gasteiger partial charge in [-0.25, -0.2) is 0 Å². The number of benzene rings is 1. The average molecular weight is 305 g/mol. The summed E-state index contributed by atoms with van der Waals surface area (Å²) in [5, 5.41) is 10.2. The first-order valence-electron chi connectivity index (χ1n) is 7.51. The third-order valence-corrected chi connectivity index (χ3v) is 4.46. The van der Waals surface area contributed by atoms with E-state index in [2.05, 4.69) is 0 Å². The summed E-state index contributed by atoms with van der Waals surface area (Å²) in [4.78, 5) is 14.4. The fourth-order valence-electron chi connectivity index (χ4n) is 3.58. The first-order chi connectivity index (χ1) is 10.5. The van der Waals surface area contributed by atoms with Gasteiger partial charge in [-0.05, 0) is 26.0 Å². The van der Waals surface area contributed by atoms with Gasteiger partial charge < -0.3 is 24.2 Å². The van der Waals surface area contributed by atoms with E-state index in [0.29, 0.717) is 5.56 Å². The molecule has 0 radical (unpaired) electrons. The van der Waals surface area contributed by atoms with Crippen molar-refractivity contribution >= 4 is 5.91 Å². The Balaban J connectivity index is 1.63. The highest BCUT2D eigenvalue weighted by molar-refractivity contribution is 5.94. The minimum absolute atomic E-state index is 0.121. The summed E-state index contributed by atoms with van der Waals surface area (Å²) in [6.45, 7) is 3.88. The van der Waals surface area contributed by atoms with Gasteiger partial charge in [-0.1, -0.05) is 18.2 Å². The van der Waals surface area contributed by atoms with E-state index in [-0.39, 0.29) is 24.6 Å². The number of rotatable bonds is 1. The minimum atomic E-state index is -0.741. The van der Waals surface area contributed by atoms with Crippen LogP contribution in [0, 0.1) is 0 Å². The number of fused-ring (bicyclic) bond motifs is 3. The van der Waals surface area contributed by atoms with Gasteiger partial charge in [0.2, 0.25) is 0 Å². The van der Waals surface area contributed by atoms with E-state index in [1.54, 1.807) is 17.0 Å². The molecule has 1 N–H and O–H groups in total. The Morgan fingerprint density at radius 2 is 1.95 bits per heavy atom. The van der Waals surface area contributed by atoms with Crippen LogP contribution in [-0.2, 0) is 14.2 Å². The number of carbonyl (C=O) groups is 1. The summed E-state index contributed by atoms with van der Waals surface area (Å²) in [5.74, 6) is -0.861. The molecule has 0 spiro atoms. The van der Waals surface area contributed by atoms with Crippen molar-refractivity contribution in [3.8, 4) is 0 Å². The second-order valence-electron chi connectivity index (χ2n) is 6.45. The molecule has 3 fully saturated rings. The fourth-order valence-corrected chi connectivity index (χ4v) is 3.58. The first-order valence-corrected chi connectivity index (χ1v) is 7.51. The maximum Gasteiger partial charge on any atom is 0.254 e. The number of amides is 1. The maximum absolute atomic E-state index is 12.7. The topological polar surface area (TPSA) is 68.2 Å². The summed E-state index contributed by atoms with van der Waals surface area (Å²) >= 11 is 0. The second-order valence-corrected chi connectivity index (χ2v) is 6.45. The molecule has 6 nitrogen and oxygen atoms in total. The number of aliphatic hydroxyl groups excluding tert-OH is 1. The van der Waals surface area contributed by atoms with Crippen LogP contribution < -0.4 is 0 Å². The van der Waals surface area contributed by atoms with E-state index < -0.39 is 24.3 Å². The fraction of sp³-hybridized carbons (Fsp3) is 0.562. The van der Waals surface area contributed by atoms with Crippen LogP contribution in [0.3, 0.4) is 0 Å². The molecule has 22 heavy (non-hydrogen) atoms. The van der Waals surface area contributed by atoms with Crippen LogP contribution in [0.5, 0.6) is 0 Å². The Hall–Kier alpha value is -1.47. The van der Waals surface area contributed by atoms with E-state index in [1.165, 1.54) is 0 Å². The maximum atomic E-state index is 12.7. The molecule has 0 saturated carbocycles. The largest absolute Gasteiger partial charge is 0.388 e. The quantitative estimate of drug-likeness (QED) is 0.829. The molecule has 5 atom stereocenters. The summed E-state index contributed by atoms with van der Waals surface area (Å²) in [6, 6.07) is 8.72. The van der Waals surface area contributed by atoms with E-state index in [9.17, 15) is 9.90 Å². The summed E-state index contributed by atoms with van der Waals surface area (Å²) < 4.78 is 17.4. The van der Waals surface area contributed by atoms with Crippen molar-refractivity contribution in [1.82, 2.24) is 4.90 Å². The zero-order valence-electron chi connectivity index (χ0n) is 12.5. The number of carbonyl (C=O) groups excluding carboxylic acids is 1. The van der Waals surface area contributed by atoms with Crippen LogP contribution in [0.4, 0.5) is 0 Å². The molecule has 4 rings (SSSR count). The van der Waals surface area contributed by atoms with Gasteiger partial charge in [-0.2, -0.15) is 0 Å². The average Bonchev–Trinajstić information content (AvgIpc) is 3.07. The molecular formula is C16H19NO5. The number of hydrogen-bond acceptors (Lipinski definition) is 5. The summed E-state index contributed by atoms with van der Waals surface area (Å²) in [7, 11) is 0. The molecular weight excluding hydrogens is 286 g/mol. The SMILES string of the molecule is CC1(C)O[C@H]2O[C@H]3[C@@H]([C@H]2O1)N(C(=O)c1ccccc1)C[C@@H]3O. The molecule has 3 aliphatic heterocycles. The Morgan fingerprint density at radius 3 is 2.68 bits per heavy atom. The van der Waals surface area contributed by atoms with Crippen molar-refractivity contribution < 1.29 is 24.1 Å². The molecule has 0 aromatic heterocycles. The minimum Gasteiger partial charge on any atom is -0.388 e. The van der Waals surface area contributed by atoms with Crippen molar-refractivity contribution in [3.05, 3.63) is 35.9 Å². The summed E-state index contributed by atoms with van der Waals surface area (Å²) in [6.07, 6.45) is -2.09. The van der Waals surface area contributed by atoms with Gasteiger partial charge in [0.05, 0.1) is 18.7 Å². The van der Waals surface area contributed by atoms with Gasteiger partial charge in [0.1, 0.15) is 12.2 Å². The lowest BCUT2D eigenvalue weighted by atomic mass is 10.1. The number of aliphatic hydroxyl groups is 1. The number of β-amino-alcohol motifs (C(OH)–C–C–N with tert-alkyl or cyclic N) is 1. The molecule has 6 heteroatoms. The van der Waals surface area contributed by atoms with Crippen molar-refractivity contribution in [1.29, 1.82) is 0 Å². The molecule has 1 amide bonds. The highest BCUT2D eigenvalue weighted by Crippen LogP contribution is 2.43. The standard InChI is InChI=1S/C16H19NO5/c1-16(2)21-13-11-12(20-15(13)22-16)10(18)8-17(11)14(19)9-6-4-3-5-7-9/h3-7,10-13,15,18H,8H2,1-2H3/t10-,11-,12+,13+,15+/m0/s1. The highest BCUT2D eigenvalue weighted by Gasteiger charge is 2.62. The predicted molar refractivity (Wildman–Crippen MR) is 76.0 cm³/mol. The zero-order chi connectivity index (χ0) is 15.5. The van der Waals surface area contributed by atoms with Gasteiger partial charge in [0.15, 0.2) is 12.1 Å². The Labute approximate surface area is 128 Å². The number of likely N-dealkylation sites (tertiary alicyclic amines) is 1. The lowest BCUT2D eigenvalue weighted by Crippen LogP contribution is -2.45. The first kappa shape index (κ1) is 14.1. The van der Waals surface area contributed by atoms with Crippen LogP contribution in [0.1, 0.15) is 24.2 Å². The number of hydrogen-bond donors (Lipinski definition) is 1. The normalized spacial score (nSPS) is 38.9. The third kappa shape index (κ3) is 2.06. The van der Waals surface area contributed by atoms with Crippen LogP contribution in [0.15, 0.2) is 30.3 Å². The predicted octanol–water partition coefficient (Wildman–Crippen LogP) is 0.748. The molecule has 0 bridgehead atoms. The molecule has 1 aromatic rings. The molecule has 0 unspecified atom stereocenters. The lowest BCUT2D eigenvalue weighted by molar-refractivity contribution is -0.212. The zero-order valence-corrected chi connectivity index (χ0v) is 12.5. The van der Waals surface area contributed by atoms with E-state index in [4.69, 9.17) is 14.2 Å². The monoisotopic (exact) mass is 305 g/mol. The lowest BCUT2D eigenvalue weighted by Gasteiger charge is -2.27. The van der Waals surface area contributed by atoms with Gasteiger partial charge in [-0.15, -0.1) is 0 Å². The van der Waals surface area contributed by atoms with Gasteiger partial charge >= 0.3 is 0 Å². The molecule has 0 aliphatic carbocycles. The third-order valence-electron chi connectivity index (χ3n) is 4.46. The Morgan fingerprint density at radius 1 is 1.23 bits per heavy atom. The molecule has 118 valence electrons. The van der Waals surface area contributed by atoms with Crippen molar-refractivity contribution in [2.24, 2.45) is 0 Å². The highest BCUT2D eigenvalue weighted by atomic mass is 16.8. The van der Waals surface area contributed by atoms with E-state index in [0.717, 1.165) is 0 Å². The van der Waals surface area contributed by atoms with E-state index in [1.807, 2.05) is 32.0 Å². The molecule has 3 saturated heterocycles. The van der Waals surface area contributed by atoms with Crippen LogP contribution in [-0.4, -0.2) is 58.9 Å².